The van der Waals surface area contributed by atoms with Gasteiger partial charge in [-0.3, -0.25) is 20.3 Å². The van der Waals surface area contributed by atoms with E-state index in [1.54, 1.807) is 23.3 Å². The summed E-state index contributed by atoms with van der Waals surface area (Å²) in [5, 5.41) is 4.11. The molecule has 0 fully saturated rings. The Kier molecular flexibility index (Phi) is 4.81. The summed E-state index contributed by atoms with van der Waals surface area (Å²) in [7, 11) is 1.85. The third-order valence-corrected chi connectivity index (χ3v) is 3.49. The Bertz CT molecular complexity index is 797. The molecule has 2 aromatic heterocycles. The predicted octanol–water partition coefficient (Wildman–Crippen LogP) is 1.95. The third-order valence-electron chi connectivity index (χ3n) is 3.49. The van der Waals surface area contributed by atoms with Crippen molar-refractivity contribution in [2.75, 3.05) is 5.43 Å². The van der Waals surface area contributed by atoms with E-state index in [9.17, 15) is 4.79 Å². The molecule has 2 heterocycles. The molecule has 0 aliphatic heterocycles. The molecule has 1 amide bonds. The lowest BCUT2D eigenvalue weighted by atomic mass is 10.1. The number of benzene rings is 1. The van der Waals surface area contributed by atoms with Gasteiger partial charge in [0.1, 0.15) is 0 Å². The molecule has 2 N–H and O–H groups in total. The summed E-state index contributed by atoms with van der Waals surface area (Å²) in [6.07, 6.45) is 8.08. The maximum absolute atomic E-state index is 11.8. The van der Waals surface area contributed by atoms with Crippen molar-refractivity contribution in [3.8, 4) is 11.1 Å². The Balaban J connectivity index is 1.48. The second-order valence-electron chi connectivity index (χ2n) is 5.36. The van der Waals surface area contributed by atoms with Crippen LogP contribution in [0.25, 0.3) is 11.1 Å². The van der Waals surface area contributed by atoms with Crippen molar-refractivity contribution in [2.24, 2.45) is 7.05 Å². The fourth-order valence-electron chi connectivity index (χ4n) is 2.20. The van der Waals surface area contributed by atoms with Gasteiger partial charge in [-0.25, -0.2) is 9.97 Å². The van der Waals surface area contributed by atoms with Gasteiger partial charge in [0.25, 0.3) is 0 Å². The summed E-state index contributed by atoms with van der Waals surface area (Å²) < 4.78 is 1.72. The summed E-state index contributed by atoms with van der Waals surface area (Å²) in [5.74, 6) is 0.231. The van der Waals surface area contributed by atoms with E-state index >= 15 is 0 Å². The van der Waals surface area contributed by atoms with Crippen molar-refractivity contribution >= 4 is 11.9 Å². The molecule has 24 heavy (non-hydrogen) atoms. The van der Waals surface area contributed by atoms with E-state index in [2.05, 4.69) is 25.9 Å². The number of rotatable bonds is 6. The number of aryl methyl sites for hydroxylation is 2. The number of hydrogen-bond acceptors (Lipinski definition) is 5. The van der Waals surface area contributed by atoms with Crippen molar-refractivity contribution in [3.63, 3.8) is 0 Å². The Morgan fingerprint density at radius 2 is 1.83 bits per heavy atom. The summed E-state index contributed by atoms with van der Waals surface area (Å²) in [4.78, 5) is 20.2. The predicted molar refractivity (Wildman–Crippen MR) is 90.8 cm³/mol. The van der Waals surface area contributed by atoms with Gasteiger partial charge >= 0.3 is 0 Å². The number of hydrazine groups is 1. The maximum Gasteiger partial charge on any atom is 0.241 e. The molecule has 0 atom stereocenters. The highest BCUT2D eigenvalue weighted by molar-refractivity contribution is 5.77. The first kappa shape index (κ1) is 15.7. The van der Waals surface area contributed by atoms with E-state index < -0.39 is 0 Å². The van der Waals surface area contributed by atoms with Crippen molar-refractivity contribution in [1.29, 1.82) is 0 Å². The van der Waals surface area contributed by atoms with E-state index in [1.165, 1.54) is 0 Å². The fraction of sp³-hybridized carbons (Fsp3) is 0.176. The summed E-state index contributed by atoms with van der Waals surface area (Å²) in [6.45, 7) is 0. The minimum Gasteiger partial charge on any atom is -0.275 e. The average molecular weight is 322 g/mol. The van der Waals surface area contributed by atoms with Crippen LogP contribution in [0, 0.1) is 0 Å². The third kappa shape index (κ3) is 4.16. The zero-order valence-electron chi connectivity index (χ0n) is 13.3. The fourth-order valence-corrected chi connectivity index (χ4v) is 2.20. The number of nitrogens with zero attached hydrogens (tertiary/aromatic N) is 4. The van der Waals surface area contributed by atoms with Gasteiger partial charge in [0.2, 0.25) is 11.9 Å². The van der Waals surface area contributed by atoms with E-state index in [1.807, 2.05) is 43.6 Å². The molecule has 0 bridgehead atoms. The molecule has 0 unspecified atom stereocenters. The quantitative estimate of drug-likeness (QED) is 0.678. The minimum atomic E-state index is -0.112. The molecule has 7 heteroatoms. The summed E-state index contributed by atoms with van der Waals surface area (Å²) >= 11 is 0. The topological polar surface area (TPSA) is 84.7 Å². The average Bonchev–Trinajstić information content (AvgIpc) is 3.06. The first-order valence-corrected chi connectivity index (χ1v) is 7.60. The van der Waals surface area contributed by atoms with Crippen LogP contribution in [-0.4, -0.2) is 25.7 Å². The van der Waals surface area contributed by atoms with Crippen LogP contribution in [0.5, 0.6) is 0 Å². The lowest BCUT2D eigenvalue weighted by molar-refractivity contribution is -0.120. The number of carbonyl (C=O) groups excluding carboxylic acids is 1. The molecule has 0 saturated carbocycles. The largest absolute Gasteiger partial charge is 0.275 e. The van der Waals surface area contributed by atoms with Crippen molar-refractivity contribution in [3.05, 3.63) is 60.7 Å². The van der Waals surface area contributed by atoms with Gasteiger partial charge in [-0.05, 0) is 12.0 Å². The zero-order valence-corrected chi connectivity index (χ0v) is 13.3. The van der Waals surface area contributed by atoms with Crippen LogP contribution in [0.1, 0.15) is 12.0 Å². The highest BCUT2D eigenvalue weighted by Gasteiger charge is 2.05. The molecule has 1 aromatic carbocycles. The molecule has 3 aromatic rings. The Labute approximate surface area is 139 Å². The molecule has 3 rings (SSSR count). The van der Waals surface area contributed by atoms with E-state index in [0.717, 1.165) is 16.7 Å². The number of carbonyl (C=O) groups is 1. The molecular formula is C17H18N6O. The Morgan fingerprint density at radius 3 is 2.50 bits per heavy atom. The highest BCUT2D eigenvalue weighted by Crippen LogP contribution is 2.16. The standard InChI is InChI=1S/C17H18N6O/c1-23-12-15(11-20-23)14-9-18-17(19-10-14)22-21-16(24)8-7-13-5-3-2-4-6-13/h2-6,9-12H,7-8H2,1H3,(H,21,24)(H,18,19,22). The molecule has 0 spiro atoms. The number of aromatic nitrogens is 4. The van der Waals surface area contributed by atoms with Crippen molar-refractivity contribution in [1.82, 2.24) is 25.2 Å². The second kappa shape index (κ2) is 7.36. The van der Waals surface area contributed by atoms with E-state index in [4.69, 9.17) is 0 Å². The highest BCUT2D eigenvalue weighted by atomic mass is 16.2. The molecule has 0 aliphatic carbocycles. The van der Waals surface area contributed by atoms with Gasteiger partial charge < -0.3 is 0 Å². The van der Waals surface area contributed by atoms with Gasteiger partial charge in [-0.15, -0.1) is 0 Å². The number of amides is 1. The van der Waals surface area contributed by atoms with Gasteiger partial charge in [-0.2, -0.15) is 5.10 Å². The van der Waals surface area contributed by atoms with Gasteiger partial charge in [0, 0.05) is 43.2 Å². The Morgan fingerprint density at radius 1 is 1.08 bits per heavy atom. The summed E-state index contributed by atoms with van der Waals surface area (Å²) in [5.41, 5.74) is 8.26. The second-order valence-corrected chi connectivity index (χ2v) is 5.36. The number of anilines is 1. The van der Waals surface area contributed by atoms with Gasteiger partial charge in [-0.1, -0.05) is 30.3 Å². The van der Waals surface area contributed by atoms with Crippen molar-refractivity contribution in [2.45, 2.75) is 12.8 Å². The SMILES string of the molecule is Cn1cc(-c2cnc(NNC(=O)CCc3ccccc3)nc2)cn1. The minimum absolute atomic E-state index is 0.112. The maximum atomic E-state index is 11.8. The summed E-state index contributed by atoms with van der Waals surface area (Å²) in [6, 6.07) is 9.88. The van der Waals surface area contributed by atoms with Crippen LogP contribution in [-0.2, 0) is 18.3 Å². The normalized spacial score (nSPS) is 10.4. The van der Waals surface area contributed by atoms with Gasteiger partial charge in [0.15, 0.2) is 0 Å². The molecule has 7 nitrogen and oxygen atoms in total. The lowest BCUT2D eigenvalue weighted by Crippen LogP contribution is -2.30. The number of hydrogen-bond donors (Lipinski definition) is 2. The van der Waals surface area contributed by atoms with E-state index in [0.29, 0.717) is 18.8 Å². The van der Waals surface area contributed by atoms with Crippen LogP contribution in [0.15, 0.2) is 55.1 Å². The smallest absolute Gasteiger partial charge is 0.241 e. The van der Waals surface area contributed by atoms with E-state index in [-0.39, 0.29) is 5.91 Å². The molecule has 0 aliphatic rings. The van der Waals surface area contributed by atoms with Crippen molar-refractivity contribution < 1.29 is 4.79 Å². The monoisotopic (exact) mass is 322 g/mol. The molecule has 122 valence electrons. The van der Waals surface area contributed by atoms with Crippen LogP contribution in [0.3, 0.4) is 0 Å². The van der Waals surface area contributed by atoms with Crippen LogP contribution < -0.4 is 10.9 Å². The Hall–Kier alpha value is -3.22. The first-order valence-electron chi connectivity index (χ1n) is 7.60. The van der Waals surface area contributed by atoms with Crippen LogP contribution in [0.2, 0.25) is 0 Å². The molecule has 0 radical (unpaired) electrons. The number of nitrogens with one attached hydrogen (secondary N) is 2. The zero-order chi connectivity index (χ0) is 16.8. The van der Waals surface area contributed by atoms with Crippen LogP contribution in [0.4, 0.5) is 5.95 Å². The molecular weight excluding hydrogens is 304 g/mol. The van der Waals surface area contributed by atoms with Gasteiger partial charge in [0.05, 0.1) is 6.20 Å². The first-order chi connectivity index (χ1) is 11.7. The lowest BCUT2D eigenvalue weighted by Gasteiger charge is -2.07. The molecule has 0 saturated heterocycles. The van der Waals surface area contributed by atoms with Crippen LogP contribution >= 0.6 is 0 Å².